The smallest absolute Gasteiger partial charge is 0.253 e. The topological polar surface area (TPSA) is 84.0 Å². The van der Waals surface area contributed by atoms with Crippen LogP contribution >= 0.6 is 24.0 Å². The minimum atomic E-state index is -0.323. The van der Waals surface area contributed by atoms with E-state index in [0.717, 1.165) is 56.2 Å². The maximum absolute atomic E-state index is 12.1. The van der Waals surface area contributed by atoms with Gasteiger partial charge in [0.1, 0.15) is 6.10 Å². The Morgan fingerprint density at radius 3 is 2.93 bits per heavy atom. The second-order valence-corrected chi connectivity index (χ2v) is 6.09. The predicted molar refractivity (Wildman–Crippen MR) is 119 cm³/mol. The van der Waals surface area contributed by atoms with Crippen molar-refractivity contribution in [2.75, 3.05) is 38.7 Å². The van der Waals surface area contributed by atoms with Crippen molar-refractivity contribution >= 4 is 41.5 Å². The second kappa shape index (κ2) is 13.7. The predicted octanol–water partition coefficient (Wildman–Crippen LogP) is 2.51. The molecule has 27 heavy (non-hydrogen) atoms. The molecule has 1 aliphatic rings. The summed E-state index contributed by atoms with van der Waals surface area (Å²) in [6, 6.07) is 7.79. The third-order valence-corrected chi connectivity index (χ3v) is 4.06. The largest absolute Gasteiger partial charge is 0.382 e. The molecule has 1 saturated heterocycles. The van der Waals surface area contributed by atoms with Crippen molar-refractivity contribution in [3.63, 3.8) is 0 Å². The lowest BCUT2D eigenvalue weighted by atomic mass is 10.2. The number of benzene rings is 1. The van der Waals surface area contributed by atoms with Crippen molar-refractivity contribution in [1.82, 2.24) is 10.6 Å². The van der Waals surface area contributed by atoms with Gasteiger partial charge in [-0.2, -0.15) is 0 Å². The molecule has 1 atom stereocenters. The van der Waals surface area contributed by atoms with Gasteiger partial charge in [0.25, 0.3) is 5.91 Å². The average molecular weight is 490 g/mol. The van der Waals surface area contributed by atoms with Gasteiger partial charge >= 0.3 is 0 Å². The molecule has 0 aliphatic carbocycles. The molecule has 1 aromatic carbocycles. The first kappa shape index (κ1) is 23.6. The fraction of sp³-hybridized carbons (Fsp3) is 0.579. The third kappa shape index (κ3) is 8.89. The molecular formula is C19H31IN4O3. The van der Waals surface area contributed by atoms with Crippen molar-refractivity contribution in [2.45, 2.75) is 38.8 Å². The highest BCUT2D eigenvalue weighted by Crippen LogP contribution is 2.16. The van der Waals surface area contributed by atoms with Crippen LogP contribution in [0, 0.1) is 0 Å². The lowest BCUT2D eigenvalue weighted by Crippen LogP contribution is -2.37. The van der Waals surface area contributed by atoms with Gasteiger partial charge in [-0.05, 0) is 43.9 Å². The highest BCUT2D eigenvalue weighted by Gasteiger charge is 2.23. The number of ether oxygens (including phenoxy) is 2. The maximum atomic E-state index is 12.1. The lowest BCUT2D eigenvalue weighted by Gasteiger charge is -2.13. The molecule has 2 rings (SSSR count). The molecule has 3 N–H and O–H groups in total. The molecule has 0 bridgehead atoms. The van der Waals surface area contributed by atoms with Crippen LogP contribution in [-0.2, 0) is 20.8 Å². The molecule has 0 radical (unpaired) electrons. The van der Waals surface area contributed by atoms with Gasteiger partial charge < -0.3 is 25.4 Å². The van der Waals surface area contributed by atoms with Gasteiger partial charge in [-0.3, -0.25) is 9.79 Å². The van der Waals surface area contributed by atoms with Crippen LogP contribution < -0.4 is 16.0 Å². The summed E-state index contributed by atoms with van der Waals surface area (Å²) >= 11 is 0. The van der Waals surface area contributed by atoms with E-state index in [-0.39, 0.29) is 36.0 Å². The first-order valence-corrected chi connectivity index (χ1v) is 9.26. The summed E-state index contributed by atoms with van der Waals surface area (Å²) in [7, 11) is 1.75. The molecule has 1 heterocycles. The van der Waals surface area contributed by atoms with Crippen LogP contribution in [0.2, 0.25) is 0 Å². The molecule has 1 unspecified atom stereocenters. The number of nitrogens with one attached hydrogen (secondary N) is 3. The summed E-state index contributed by atoms with van der Waals surface area (Å²) in [6.45, 7) is 5.57. The van der Waals surface area contributed by atoms with Gasteiger partial charge in [-0.25, -0.2) is 0 Å². The molecule has 1 aliphatic heterocycles. The minimum absolute atomic E-state index is 0. The summed E-state index contributed by atoms with van der Waals surface area (Å²) in [5.41, 5.74) is 1.84. The van der Waals surface area contributed by atoms with E-state index in [9.17, 15) is 4.79 Å². The van der Waals surface area contributed by atoms with Gasteiger partial charge in [-0.15, -0.1) is 24.0 Å². The van der Waals surface area contributed by atoms with Crippen molar-refractivity contribution in [3.8, 4) is 0 Å². The molecule has 0 saturated carbocycles. The van der Waals surface area contributed by atoms with E-state index in [1.54, 1.807) is 7.05 Å². The Hall–Kier alpha value is -1.39. The number of amides is 1. The Morgan fingerprint density at radius 2 is 2.22 bits per heavy atom. The first-order valence-electron chi connectivity index (χ1n) is 9.26. The summed E-state index contributed by atoms with van der Waals surface area (Å²) in [5.74, 6) is 0.676. The Labute approximate surface area is 178 Å². The maximum Gasteiger partial charge on any atom is 0.253 e. The molecule has 0 spiro atoms. The minimum Gasteiger partial charge on any atom is -0.382 e. The number of nitrogens with zero attached hydrogens (tertiary/aromatic N) is 1. The molecule has 152 valence electrons. The quantitative estimate of drug-likeness (QED) is 0.215. The van der Waals surface area contributed by atoms with Crippen molar-refractivity contribution < 1.29 is 14.3 Å². The van der Waals surface area contributed by atoms with E-state index in [2.05, 4.69) is 20.9 Å². The Morgan fingerprint density at radius 1 is 1.37 bits per heavy atom. The zero-order valence-electron chi connectivity index (χ0n) is 16.1. The average Bonchev–Trinajstić information content (AvgIpc) is 3.19. The summed E-state index contributed by atoms with van der Waals surface area (Å²) in [6.07, 6.45) is 2.34. The number of carbonyl (C=O) groups excluding carboxylic acids is 1. The summed E-state index contributed by atoms with van der Waals surface area (Å²) < 4.78 is 10.7. The molecule has 1 aromatic rings. The summed E-state index contributed by atoms with van der Waals surface area (Å²) in [4.78, 5) is 16.4. The fourth-order valence-corrected chi connectivity index (χ4v) is 2.70. The Balaban J connectivity index is 0.00000364. The summed E-state index contributed by atoms with van der Waals surface area (Å²) in [5, 5.41) is 9.46. The lowest BCUT2D eigenvalue weighted by molar-refractivity contribution is -0.124. The number of carbonyl (C=O) groups is 1. The number of hydrogen-bond acceptors (Lipinski definition) is 4. The SMILES string of the molecule is CCOCCCNC(=NC)NCc1cccc(NC(=O)C2CCCO2)c1.I. The molecule has 0 aromatic heterocycles. The fourth-order valence-electron chi connectivity index (χ4n) is 2.70. The number of halogens is 1. The standard InChI is InChI=1S/C19H30N4O3.HI/c1-3-25-11-6-10-21-19(20-2)22-14-15-7-4-8-16(13-15)23-18(24)17-9-5-12-26-17;/h4,7-8,13,17H,3,5-6,9-12,14H2,1-2H3,(H,23,24)(H2,20,21,22);1H. The van der Waals surface area contributed by atoms with E-state index in [1.165, 1.54) is 0 Å². The second-order valence-electron chi connectivity index (χ2n) is 6.09. The molecule has 8 heteroatoms. The molecular weight excluding hydrogens is 459 g/mol. The van der Waals surface area contributed by atoms with Crippen LogP contribution in [0.1, 0.15) is 31.7 Å². The normalized spacial score (nSPS) is 16.5. The van der Waals surface area contributed by atoms with Crippen LogP contribution in [-0.4, -0.2) is 51.4 Å². The highest BCUT2D eigenvalue weighted by atomic mass is 127. The number of guanidine groups is 1. The van der Waals surface area contributed by atoms with Gasteiger partial charge in [-0.1, -0.05) is 12.1 Å². The van der Waals surface area contributed by atoms with Crippen LogP contribution in [0.3, 0.4) is 0 Å². The van der Waals surface area contributed by atoms with E-state index in [4.69, 9.17) is 9.47 Å². The van der Waals surface area contributed by atoms with Crippen LogP contribution in [0.4, 0.5) is 5.69 Å². The van der Waals surface area contributed by atoms with Crippen molar-refractivity contribution in [2.24, 2.45) is 4.99 Å². The van der Waals surface area contributed by atoms with Gasteiger partial charge in [0, 0.05) is 45.6 Å². The van der Waals surface area contributed by atoms with E-state index < -0.39 is 0 Å². The monoisotopic (exact) mass is 490 g/mol. The third-order valence-electron chi connectivity index (χ3n) is 4.06. The highest BCUT2D eigenvalue weighted by molar-refractivity contribution is 14.0. The van der Waals surface area contributed by atoms with E-state index in [1.807, 2.05) is 31.2 Å². The van der Waals surface area contributed by atoms with Gasteiger partial charge in [0.15, 0.2) is 5.96 Å². The molecule has 7 nitrogen and oxygen atoms in total. The van der Waals surface area contributed by atoms with Crippen molar-refractivity contribution in [1.29, 1.82) is 0 Å². The zero-order valence-corrected chi connectivity index (χ0v) is 18.5. The Kier molecular flexibility index (Phi) is 12.0. The van der Waals surface area contributed by atoms with Crippen LogP contribution in [0.15, 0.2) is 29.3 Å². The number of anilines is 1. The van der Waals surface area contributed by atoms with Crippen LogP contribution in [0.25, 0.3) is 0 Å². The van der Waals surface area contributed by atoms with Gasteiger partial charge in [0.2, 0.25) is 0 Å². The van der Waals surface area contributed by atoms with E-state index in [0.29, 0.717) is 13.2 Å². The number of aliphatic imine (C=N–C) groups is 1. The van der Waals surface area contributed by atoms with E-state index >= 15 is 0 Å². The molecule has 1 fully saturated rings. The first-order chi connectivity index (χ1) is 12.7. The van der Waals surface area contributed by atoms with Crippen molar-refractivity contribution in [3.05, 3.63) is 29.8 Å². The van der Waals surface area contributed by atoms with Gasteiger partial charge in [0.05, 0.1) is 0 Å². The molecule has 1 amide bonds. The Bertz CT molecular complexity index is 592. The van der Waals surface area contributed by atoms with Crippen LogP contribution in [0.5, 0.6) is 0 Å². The zero-order chi connectivity index (χ0) is 18.6. The number of hydrogen-bond donors (Lipinski definition) is 3. The number of rotatable bonds is 9.